The number of nitrogens with zero attached hydrogens (tertiary/aromatic N) is 4. The third kappa shape index (κ3) is 4.17. The van der Waals surface area contributed by atoms with Gasteiger partial charge >= 0.3 is 0 Å². The number of amides is 1. The Bertz CT molecular complexity index is 935. The van der Waals surface area contributed by atoms with Gasteiger partial charge in [0, 0.05) is 17.9 Å². The second-order valence-corrected chi connectivity index (χ2v) is 6.68. The van der Waals surface area contributed by atoms with Gasteiger partial charge in [0.25, 0.3) is 5.91 Å². The van der Waals surface area contributed by atoms with Crippen LogP contribution in [-0.4, -0.2) is 45.4 Å². The van der Waals surface area contributed by atoms with Gasteiger partial charge in [0.05, 0.1) is 11.8 Å². The fourth-order valence-electron chi connectivity index (χ4n) is 3.08. The van der Waals surface area contributed by atoms with Crippen molar-refractivity contribution in [1.82, 2.24) is 20.2 Å². The molecule has 28 heavy (non-hydrogen) atoms. The maximum atomic E-state index is 12.6. The van der Waals surface area contributed by atoms with Crippen molar-refractivity contribution in [3.63, 3.8) is 0 Å². The summed E-state index contributed by atoms with van der Waals surface area (Å²) < 4.78 is 12.8. The highest BCUT2D eigenvalue weighted by atomic mass is 16.5. The molecule has 0 saturated carbocycles. The number of nitrogens with one attached hydrogen (secondary N) is 1. The zero-order valence-electron chi connectivity index (χ0n) is 15.5. The molecule has 0 bridgehead atoms. The second-order valence-electron chi connectivity index (χ2n) is 6.68. The number of tetrazole rings is 1. The number of hydrogen-bond acceptors (Lipinski definition) is 6. The predicted octanol–water partition coefficient (Wildman–Crippen LogP) is 2.78. The van der Waals surface area contributed by atoms with Crippen LogP contribution in [0.2, 0.25) is 0 Å². The summed E-state index contributed by atoms with van der Waals surface area (Å²) in [6, 6.07) is 12.7. The normalized spacial score (nSPS) is 16.1. The Morgan fingerprint density at radius 3 is 2.86 bits per heavy atom. The molecule has 1 atom stereocenters. The molecule has 1 aliphatic rings. The van der Waals surface area contributed by atoms with E-state index in [2.05, 4.69) is 20.8 Å². The molecule has 4 rings (SSSR count). The van der Waals surface area contributed by atoms with Crippen LogP contribution in [0.3, 0.4) is 0 Å². The molecule has 0 radical (unpaired) electrons. The first-order valence-corrected chi connectivity index (χ1v) is 9.19. The zero-order valence-corrected chi connectivity index (χ0v) is 15.5. The van der Waals surface area contributed by atoms with Crippen LogP contribution in [0.25, 0.3) is 5.69 Å². The fourth-order valence-corrected chi connectivity index (χ4v) is 3.08. The van der Waals surface area contributed by atoms with Crippen molar-refractivity contribution in [2.45, 2.75) is 25.9 Å². The highest BCUT2D eigenvalue weighted by Gasteiger charge is 2.16. The van der Waals surface area contributed by atoms with Gasteiger partial charge in [-0.2, -0.15) is 0 Å². The van der Waals surface area contributed by atoms with E-state index < -0.39 is 0 Å². The lowest BCUT2D eigenvalue weighted by molar-refractivity contribution is 0.0679. The summed E-state index contributed by atoms with van der Waals surface area (Å²) in [5, 5.41) is 14.1. The standard InChI is InChI=1S/C20H21N5O3/c1-14-4-7-16(11-19(14)25-13-21-23-24-25)22-20(26)15-5-8-17(9-6-15)28-12-18-3-2-10-27-18/h4-9,11,13,18H,2-3,10,12H2,1H3,(H,22,26). The zero-order chi connectivity index (χ0) is 19.3. The Hall–Kier alpha value is -3.26. The minimum absolute atomic E-state index is 0.166. The Balaban J connectivity index is 1.40. The molecule has 2 aromatic carbocycles. The molecule has 144 valence electrons. The lowest BCUT2D eigenvalue weighted by Gasteiger charge is -2.12. The van der Waals surface area contributed by atoms with Crippen molar-refractivity contribution in [1.29, 1.82) is 0 Å². The van der Waals surface area contributed by atoms with E-state index in [0.717, 1.165) is 36.4 Å². The third-order valence-corrected chi connectivity index (χ3v) is 4.64. The van der Waals surface area contributed by atoms with Gasteiger partial charge in [-0.05, 0) is 72.2 Å². The molecule has 8 nitrogen and oxygen atoms in total. The lowest BCUT2D eigenvalue weighted by Crippen LogP contribution is -2.16. The van der Waals surface area contributed by atoms with Gasteiger partial charge in [0.2, 0.25) is 0 Å². The molecule has 2 heterocycles. The van der Waals surface area contributed by atoms with Crippen LogP contribution in [0.15, 0.2) is 48.8 Å². The SMILES string of the molecule is Cc1ccc(NC(=O)c2ccc(OCC3CCCO3)cc2)cc1-n1cnnn1. The van der Waals surface area contributed by atoms with Gasteiger partial charge in [-0.25, -0.2) is 4.68 Å². The van der Waals surface area contributed by atoms with E-state index >= 15 is 0 Å². The maximum absolute atomic E-state index is 12.6. The molecule has 1 amide bonds. The largest absolute Gasteiger partial charge is 0.491 e. The van der Waals surface area contributed by atoms with Gasteiger partial charge < -0.3 is 14.8 Å². The molecular weight excluding hydrogens is 358 g/mol. The molecule has 1 saturated heterocycles. The number of benzene rings is 2. The Kier molecular flexibility index (Phi) is 5.29. The van der Waals surface area contributed by atoms with Gasteiger partial charge in [-0.1, -0.05) is 6.07 Å². The number of hydrogen-bond donors (Lipinski definition) is 1. The van der Waals surface area contributed by atoms with E-state index in [1.807, 2.05) is 25.1 Å². The molecule has 1 aromatic heterocycles. The summed E-state index contributed by atoms with van der Waals surface area (Å²) in [4.78, 5) is 12.6. The molecular formula is C20H21N5O3. The monoisotopic (exact) mass is 379 g/mol. The van der Waals surface area contributed by atoms with E-state index in [9.17, 15) is 4.79 Å². The van der Waals surface area contributed by atoms with Gasteiger partial charge in [0.1, 0.15) is 18.7 Å². The highest BCUT2D eigenvalue weighted by Crippen LogP contribution is 2.20. The molecule has 8 heteroatoms. The number of rotatable bonds is 6. The number of aryl methyl sites for hydroxylation is 1. The number of carbonyl (C=O) groups is 1. The van der Waals surface area contributed by atoms with Gasteiger partial charge in [-0.15, -0.1) is 5.10 Å². The Morgan fingerprint density at radius 1 is 1.29 bits per heavy atom. The van der Waals surface area contributed by atoms with Crippen LogP contribution in [0.4, 0.5) is 5.69 Å². The van der Waals surface area contributed by atoms with Gasteiger partial charge in [-0.3, -0.25) is 4.79 Å². The first kappa shape index (κ1) is 18.1. The summed E-state index contributed by atoms with van der Waals surface area (Å²) in [5.41, 5.74) is 3.02. The third-order valence-electron chi connectivity index (χ3n) is 4.64. The van der Waals surface area contributed by atoms with Crippen molar-refractivity contribution >= 4 is 11.6 Å². The van der Waals surface area contributed by atoms with Crippen molar-refractivity contribution in [3.8, 4) is 11.4 Å². The highest BCUT2D eigenvalue weighted by molar-refractivity contribution is 6.04. The van der Waals surface area contributed by atoms with Crippen LogP contribution in [-0.2, 0) is 4.74 Å². The van der Waals surface area contributed by atoms with E-state index in [4.69, 9.17) is 9.47 Å². The molecule has 1 unspecified atom stereocenters. The summed E-state index contributed by atoms with van der Waals surface area (Å²) in [5.74, 6) is 0.528. The van der Waals surface area contributed by atoms with Crippen molar-refractivity contribution in [3.05, 3.63) is 59.9 Å². The summed E-state index contributed by atoms with van der Waals surface area (Å²) in [6.45, 7) is 3.30. The smallest absolute Gasteiger partial charge is 0.255 e. The van der Waals surface area contributed by atoms with E-state index in [1.165, 1.54) is 6.33 Å². The lowest BCUT2D eigenvalue weighted by atomic mass is 10.1. The maximum Gasteiger partial charge on any atom is 0.255 e. The average molecular weight is 379 g/mol. The predicted molar refractivity (Wildman–Crippen MR) is 103 cm³/mol. The van der Waals surface area contributed by atoms with Crippen molar-refractivity contribution in [2.24, 2.45) is 0 Å². The molecule has 1 aliphatic heterocycles. The summed E-state index contributed by atoms with van der Waals surface area (Å²) in [7, 11) is 0. The average Bonchev–Trinajstić information content (AvgIpc) is 3.42. The summed E-state index contributed by atoms with van der Waals surface area (Å²) >= 11 is 0. The van der Waals surface area contributed by atoms with Crippen molar-refractivity contribution < 1.29 is 14.3 Å². The van der Waals surface area contributed by atoms with Gasteiger partial charge in [0.15, 0.2) is 0 Å². The minimum Gasteiger partial charge on any atom is -0.491 e. The summed E-state index contributed by atoms with van der Waals surface area (Å²) in [6.07, 6.45) is 3.80. The van der Waals surface area contributed by atoms with Crippen LogP contribution in [0.1, 0.15) is 28.8 Å². The van der Waals surface area contributed by atoms with Crippen molar-refractivity contribution in [2.75, 3.05) is 18.5 Å². The molecule has 1 fully saturated rings. The first-order chi connectivity index (χ1) is 13.7. The molecule has 3 aromatic rings. The number of anilines is 1. The van der Waals surface area contributed by atoms with Crippen LogP contribution < -0.4 is 10.1 Å². The van der Waals surface area contributed by atoms with E-state index in [0.29, 0.717) is 17.9 Å². The fraction of sp³-hybridized carbons (Fsp3) is 0.300. The topological polar surface area (TPSA) is 91.2 Å². The van der Waals surface area contributed by atoms with E-state index in [-0.39, 0.29) is 12.0 Å². The van der Waals surface area contributed by atoms with Crippen LogP contribution in [0.5, 0.6) is 5.75 Å². The second kappa shape index (κ2) is 8.18. The molecule has 0 spiro atoms. The Morgan fingerprint density at radius 2 is 2.14 bits per heavy atom. The van der Waals surface area contributed by atoms with Crippen LogP contribution in [0, 0.1) is 6.92 Å². The molecule has 0 aliphatic carbocycles. The molecule has 1 N–H and O–H groups in total. The van der Waals surface area contributed by atoms with E-state index in [1.54, 1.807) is 28.9 Å². The number of ether oxygens (including phenoxy) is 2. The minimum atomic E-state index is -0.197. The Labute approximate surface area is 162 Å². The number of carbonyl (C=O) groups excluding carboxylic acids is 1. The quantitative estimate of drug-likeness (QED) is 0.708. The van der Waals surface area contributed by atoms with Crippen LogP contribution >= 0.6 is 0 Å². The number of aromatic nitrogens is 4. The first-order valence-electron chi connectivity index (χ1n) is 9.19.